The number of methoxy groups -OCH3 is 1. The minimum Gasteiger partial charge on any atom is -0.496 e. The number of benzene rings is 1. The molecule has 4 nitrogen and oxygen atoms in total. The number of aliphatic hydroxyl groups excluding tert-OH is 1. The van der Waals surface area contributed by atoms with E-state index in [4.69, 9.17) is 4.74 Å². The Morgan fingerprint density at radius 3 is 2.79 bits per heavy atom. The van der Waals surface area contributed by atoms with Crippen LogP contribution in [-0.4, -0.2) is 50.3 Å². The third-order valence-electron chi connectivity index (χ3n) is 3.29. The zero-order valence-electron chi connectivity index (χ0n) is 12.4. The Balaban J connectivity index is 2.49. The van der Waals surface area contributed by atoms with E-state index in [1.165, 1.54) is 0 Å². The predicted octanol–water partition coefficient (Wildman–Crippen LogP) is 1.58. The van der Waals surface area contributed by atoms with Gasteiger partial charge in [-0.3, -0.25) is 0 Å². The van der Waals surface area contributed by atoms with Crippen LogP contribution in [0.15, 0.2) is 18.2 Å². The molecule has 0 aliphatic heterocycles. The average molecular weight is 266 g/mol. The van der Waals surface area contributed by atoms with Crippen LogP contribution >= 0.6 is 0 Å². The lowest BCUT2D eigenvalue weighted by molar-refractivity contribution is 0.169. The Labute approximate surface area is 116 Å². The summed E-state index contributed by atoms with van der Waals surface area (Å²) >= 11 is 0. The van der Waals surface area contributed by atoms with E-state index in [-0.39, 0.29) is 0 Å². The predicted molar refractivity (Wildman–Crippen MR) is 78.7 cm³/mol. The first kappa shape index (κ1) is 16.0. The third-order valence-corrected chi connectivity index (χ3v) is 3.29. The molecule has 1 aromatic rings. The summed E-state index contributed by atoms with van der Waals surface area (Å²) in [5.74, 6) is 0.741. The lowest BCUT2D eigenvalue weighted by Crippen LogP contribution is -2.31. The molecule has 0 spiro atoms. The second-order valence-electron chi connectivity index (χ2n) is 4.86. The highest BCUT2D eigenvalue weighted by Gasteiger charge is 2.13. The summed E-state index contributed by atoms with van der Waals surface area (Å²) in [6, 6.07) is 5.86. The molecule has 1 unspecified atom stereocenters. The maximum atomic E-state index is 10.2. The average Bonchev–Trinajstić information content (AvgIpc) is 2.42. The minimum atomic E-state index is -0.540. The van der Waals surface area contributed by atoms with E-state index < -0.39 is 6.10 Å². The van der Waals surface area contributed by atoms with Crippen molar-refractivity contribution < 1.29 is 9.84 Å². The quantitative estimate of drug-likeness (QED) is 0.701. The third kappa shape index (κ3) is 5.19. The van der Waals surface area contributed by atoms with Crippen LogP contribution in [-0.2, 0) is 0 Å². The highest BCUT2D eigenvalue weighted by Crippen LogP contribution is 2.25. The number of rotatable bonds is 8. The standard InChI is InChI=1S/C15H26N2O2/c1-5-17(3)9-8-16-11-14(18)13-10-12(2)6-7-15(13)19-4/h6-7,10,14,16,18H,5,8-9,11H2,1-4H3. The van der Waals surface area contributed by atoms with Gasteiger partial charge in [0, 0.05) is 25.2 Å². The van der Waals surface area contributed by atoms with E-state index in [0.29, 0.717) is 6.54 Å². The van der Waals surface area contributed by atoms with Crippen molar-refractivity contribution in [2.24, 2.45) is 0 Å². The van der Waals surface area contributed by atoms with E-state index >= 15 is 0 Å². The molecule has 1 aromatic carbocycles. The van der Waals surface area contributed by atoms with E-state index in [1.807, 2.05) is 25.1 Å². The van der Waals surface area contributed by atoms with Crippen molar-refractivity contribution in [1.82, 2.24) is 10.2 Å². The van der Waals surface area contributed by atoms with Crippen LogP contribution in [0.3, 0.4) is 0 Å². The van der Waals surface area contributed by atoms with Crippen LogP contribution in [0.2, 0.25) is 0 Å². The molecule has 0 aromatic heterocycles. The lowest BCUT2D eigenvalue weighted by atomic mass is 10.1. The van der Waals surface area contributed by atoms with Crippen molar-refractivity contribution in [1.29, 1.82) is 0 Å². The van der Waals surface area contributed by atoms with Crippen molar-refractivity contribution in [3.63, 3.8) is 0 Å². The van der Waals surface area contributed by atoms with Crippen LogP contribution in [0.25, 0.3) is 0 Å². The summed E-state index contributed by atoms with van der Waals surface area (Å²) < 4.78 is 5.29. The molecule has 1 atom stereocenters. The van der Waals surface area contributed by atoms with Gasteiger partial charge < -0.3 is 20.1 Å². The molecule has 0 aliphatic rings. The van der Waals surface area contributed by atoms with Gasteiger partial charge in [-0.15, -0.1) is 0 Å². The molecular formula is C15H26N2O2. The molecule has 1 rings (SSSR count). The summed E-state index contributed by atoms with van der Waals surface area (Å²) in [6.45, 7) is 7.57. The molecule has 0 heterocycles. The molecule has 0 bridgehead atoms. The van der Waals surface area contributed by atoms with Gasteiger partial charge in [-0.1, -0.05) is 18.6 Å². The van der Waals surface area contributed by atoms with Crippen molar-refractivity contribution in [3.8, 4) is 5.75 Å². The van der Waals surface area contributed by atoms with Gasteiger partial charge in [-0.05, 0) is 32.6 Å². The van der Waals surface area contributed by atoms with E-state index in [1.54, 1.807) is 7.11 Å². The Hall–Kier alpha value is -1.10. The minimum absolute atomic E-state index is 0.539. The second kappa shape index (κ2) is 8.15. The number of nitrogens with one attached hydrogen (secondary N) is 1. The maximum Gasteiger partial charge on any atom is 0.124 e. The van der Waals surface area contributed by atoms with Gasteiger partial charge in [0.25, 0.3) is 0 Å². The van der Waals surface area contributed by atoms with Gasteiger partial charge in [0.1, 0.15) is 5.75 Å². The number of aryl methyl sites for hydroxylation is 1. The van der Waals surface area contributed by atoms with Crippen molar-refractivity contribution >= 4 is 0 Å². The number of likely N-dealkylation sites (N-methyl/N-ethyl adjacent to an activating group) is 1. The number of hydrogen-bond acceptors (Lipinski definition) is 4. The molecule has 0 aliphatic carbocycles. The van der Waals surface area contributed by atoms with Crippen LogP contribution in [0, 0.1) is 6.92 Å². The van der Waals surface area contributed by atoms with E-state index in [2.05, 4.69) is 24.2 Å². The first-order valence-corrected chi connectivity index (χ1v) is 6.80. The van der Waals surface area contributed by atoms with Gasteiger partial charge in [-0.25, -0.2) is 0 Å². The van der Waals surface area contributed by atoms with Gasteiger partial charge in [0.15, 0.2) is 0 Å². The zero-order valence-corrected chi connectivity index (χ0v) is 12.4. The van der Waals surface area contributed by atoms with E-state index in [9.17, 15) is 5.11 Å². The van der Waals surface area contributed by atoms with E-state index in [0.717, 1.165) is 36.5 Å². The Morgan fingerprint density at radius 2 is 2.16 bits per heavy atom. The van der Waals surface area contributed by atoms with Crippen molar-refractivity contribution in [2.45, 2.75) is 20.0 Å². The number of ether oxygens (including phenoxy) is 1. The number of hydrogen-bond donors (Lipinski definition) is 2. The monoisotopic (exact) mass is 266 g/mol. The lowest BCUT2D eigenvalue weighted by Gasteiger charge is -2.18. The van der Waals surface area contributed by atoms with Crippen molar-refractivity contribution in [2.75, 3.05) is 40.3 Å². The fraction of sp³-hybridized carbons (Fsp3) is 0.600. The van der Waals surface area contributed by atoms with Crippen LogP contribution < -0.4 is 10.1 Å². The van der Waals surface area contributed by atoms with Gasteiger partial charge in [0.05, 0.1) is 13.2 Å². The normalized spacial score (nSPS) is 12.7. The summed E-state index contributed by atoms with van der Waals surface area (Å²) in [6.07, 6.45) is -0.540. The Kier molecular flexibility index (Phi) is 6.84. The van der Waals surface area contributed by atoms with Crippen LogP contribution in [0.4, 0.5) is 0 Å². The number of nitrogens with zero attached hydrogens (tertiary/aromatic N) is 1. The molecule has 0 amide bonds. The topological polar surface area (TPSA) is 44.7 Å². The molecule has 4 heteroatoms. The van der Waals surface area contributed by atoms with Crippen molar-refractivity contribution in [3.05, 3.63) is 29.3 Å². The molecule has 0 saturated heterocycles. The fourth-order valence-corrected chi connectivity index (χ4v) is 1.89. The summed E-state index contributed by atoms with van der Waals surface area (Å²) in [4.78, 5) is 2.23. The summed E-state index contributed by atoms with van der Waals surface area (Å²) in [5.41, 5.74) is 1.97. The van der Waals surface area contributed by atoms with Gasteiger partial charge in [0.2, 0.25) is 0 Å². The molecule has 0 fully saturated rings. The molecule has 0 saturated carbocycles. The second-order valence-corrected chi connectivity index (χ2v) is 4.86. The Morgan fingerprint density at radius 1 is 1.42 bits per heavy atom. The highest BCUT2D eigenvalue weighted by atomic mass is 16.5. The Bertz CT molecular complexity index is 382. The first-order valence-electron chi connectivity index (χ1n) is 6.80. The van der Waals surface area contributed by atoms with Crippen LogP contribution in [0.1, 0.15) is 24.2 Å². The fourth-order valence-electron chi connectivity index (χ4n) is 1.89. The molecule has 19 heavy (non-hydrogen) atoms. The van der Waals surface area contributed by atoms with Gasteiger partial charge in [-0.2, -0.15) is 0 Å². The molecule has 2 N–H and O–H groups in total. The smallest absolute Gasteiger partial charge is 0.124 e. The molecular weight excluding hydrogens is 240 g/mol. The largest absolute Gasteiger partial charge is 0.496 e. The highest BCUT2D eigenvalue weighted by molar-refractivity contribution is 5.38. The summed E-state index contributed by atoms with van der Waals surface area (Å²) in [7, 11) is 3.71. The molecule has 108 valence electrons. The maximum absolute atomic E-state index is 10.2. The van der Waals surface area contributed by atoms with Gasteiger partial charge >= 0.3 is 0 Å². The molecule has 0 radical (unpaired) electrons. The van der Waals surface area contributed by atoms with Crippen LogP contribution in [0.5, 0.6) is 5.75 Å². The SMILES string of the molecule is CCN(C)CCNCC(O)c1cc(C)ccc1OC. The summed E-state index contributed by atoms with van der Waals surface area (Å²) in [5, 5.41) is 13.5. The number of aliphatic hydroxyl groups is 1. The first-order chi connectivity index (χ1) is 9.08. The zero-order chi connectivity index (χ0) is 14.3.